The molecule has 0 bridgehead atoms. The summed E-state index contributed by atoms with van der Waals surface area (Å²) in [6.07, 6.45) is 1.33. The van der Waals surface area contributed by atoms with E-state index in [0.29, 0.717) is 0 Å². The number of hydrogen-bond acceptors (Lipinski definition) is 12. The molecule has 41 heavy (non-hydrogen) atoms. The zero-order valence-corrected chi connectivity index (χ0v) is 22.2. The minimum atomic E-state index is -1.62. The van der Waals surface area contributed by atoms with Crippen LogP contribution in [0, 0.1) is 5.41 Å². The molecule has 0 unspecified atom stereocenters. The number of hydrogen-bond donors (Lipinski definition) is 4. The monoisotopic (exact) mass is 580 g/mol. The fourth-order valence-electron chi connectivity index (χ4n) is 4.71. The molecule has 0 spiro atoms. The van der Waals surface area contributed by atoms with Crippen molar-refractivity contribution >= 4 is 47.5 Å². The molecule has 4 aliphatic rings. The van der Waals surface area contributed by atoms with Gasteiger partial charge in [-0.15, -0.1) is 0 Å². The summed E-state index contributed by atoms with van der Waals surface area (Å²) in [4.78, 5) is 97.0. The molecule has 224 valence electrons. The van der Waals surface area contributed by atoms with Crippen molar-refractivity contribution in [3.8, 4) is 0 Å². The fraction of sp³-hybridized carbons (Fsp3) is 0.680. The van der Waals surface area contributed by atoms with Gasteiger partial charge in [-0.1, -0.05) is 0 Å². The second-order valence-electron chi connectivity index (χ2n) is 10.6. The van der Waals surface area contributed by atoms with Gasteiger partial charge in [0.1, 0.15) is 56.0 Å². The van der Waals surface area contributed by atoms with Gasteiger partial charge in [-0.3, -0.25) is 19.2 Å². The normalized spacial score (nSPS) is 25.6. The van der Waals surface area contributed by atoms with E-state index in [9.17, 15) is 38.4 Å². The van der Waals surface area contributed by atoms with Crippen LogP contribution >= 0.6 is 0 Å². The maximum atomic E-state index is 12.7. The summed E-state index contributed by atoms with van der Waals surface area (Å²) in [7, 11) is 0. The topological polar surface area (TPSA) is 222 Å². The molecule has 4 atom stereocenters. The van der Waals surface area contributed by atoms with Gasteiger partial charge in [0.05, 0.1) is 0 Å². The molecular weight excluding hydrogens is 548 g/mol. The molecule has 4 aliphatic heterocycles. The molecule has 0 aromatic heterocycles. The first-order chi connectivity index (χ1) is 19.5. The Morgan fingerprint density at radius 2 is 0.707 bits per heavy atom. The Hall–Kier alpha value is -4.24. The molecule has 4 fully saturated rings. The SMILES string of the molecule is O=C1CC[C@@H](C(=O)OCC(COC(=O)[C@@H]2CCC(=O)N2)(COC(=O)[C@@H]2CCC(=O)N2)COC(=O)[C@@H]2CCC(=O)N2)N1. The summed E-state index contributed by atoms with van der Waals surface area (Å²) in [5.74, 6) is -4.48. The Labute approximate surface area is 233 Å². The summed E-state index contributed by atoms with van der Waals surface area (Å²) in [6.45, 7) is -2.23. The van der Waals surface area contributed by atoms with E-state index in [-0.39, 0.29) is 75.0 Å². The highest BCUT2D eigenvalue weighted by molar-refractivity contribution is 5.90. The lowest BCUT2D eigenvalue weighted by molar-refractivity contribution is -0.173. The minimum Gasteiger partial charge on any atom is -0.463 e. The first-order valence-corrected chi connectivity index (χ1v) is 13.4. The predicted octanol–water partition coefficient (Wildman–Crippen LogP) is -2.74. The van der Waals surface area contributed by atoms with Gasteiger partial charge in [0.15, 0.2) is 0 Å². The molecular formula is C25H32N4O12. The molecule has 4 saturated heterocycles. The van der Waals surface area contributed by atoms with Crippen LogP contribution in [0.1, 0.15) is 51.4 Å². The smallest absolute Gasteiger partial charge is 0.328 e. The van der Waals surface area contributed by atoms with Crippen LogP contribution < -0.4 is 21.3 Å². The third-order valence-electron chi connectivity index (χ3n) is 7.20. The number of amides is 4. The van der Waals surface area contributed by atoms with Gasteiger partial charge < -0.3 is 40.2 Å². The molecule has 4 heterocycles. The van der Waals surface area contributed by atoms with Crippen molar-refractivity contribution in [2.24, 2.45) is 5.41 Å². The van der Waals surface area contributed by atoms with Gasteiger partial charge >= 0.3 is 23.9 Å². The van der Waals surface area contributed by atoms with Gasteiger partial charge in [0, 0.05) is 25.7 Å². The van der Waals surface area contributed by atoms with Crippen molar-refractivity contribution in [3.05, 3.63) is 0 Å². The molecule has 0 aliphatic carbocycles. The molecule has 4 N–H and O–H groups in total. The van der Waals surface area contributed by atoms with E-state index in [1.807, 2.05) is 0 Å². The number of ether oxygens (including phenoxy) is 4. The average molecular weight is 581 g/mol. The zero-order valence-electron chi connectivity index (χ0n) is 22.2. The third-order valence-corrected chi connectivity index (χ3v) is 7.20. The molecule has 4 amide bonds. The Kier molecular flexibility index (Phi) is 9.39. The minimum absolute atomic E-state index is 0.130. The first-order valence-electron chi connectivity index (χ1n) is 13.4. The highest BCUT2D eigenvalue weighted by Gasteiger charge is 2.42. The Morgan fingerprint density at radius 3 is 0.878 bits per heavy atom. The molecule has 0 aromatic rings. The van der Waals surface area contributed by atoms with Crippen molar-refractivity contribution < 1.29 is 57.3 Å². The maximum absolute atomic E-state index is 12.7. The van der Waals surface area contributed by atoms with Crippen LogP contribution in [0.5, 0.6) is 0 Å². The lowest BCUT2D eigenvalue weighted by Gasteiger charge is -2.32. The third kappa shape index (κ3) is 7.91. The standard InChI is InChI=1S/C25H32N4O12/c30-17-5-1-13(26-17)21(34)38-9-25(10-39-22(35)14-2-6-18(31)27-14,11-40-23(36)15-3-7-19(32)28-15)12-41-24(37)16-4-8-20(33)29-16/h13-16H,1-12H2,(H,26,30)(H,27,31)(H,28,32)(H,29,33)/t13-,14-,15-,16-/m0/s1. The number of nitrogens with one attached hydrogen (secondary N) is 4. The largest absolute Gasteiger partial charge is 0.463 e. The number of carbonyl (C=O) groups excluding carboxylic acids is 8. The van der Waals surface area contributed by atoms with Crippen LogP contribution in [-0.2, 0) is 57.3 Å². The van der Waals surface area contributed by atoms with Crippen LogP contribution in [0.2, 0.25) is 0 Å². The van der Waals surface area contributed by atoms with Gasteiger partial charge in [-0.05, 0) is 25.7 Å². The quantitative estimate of drug-likeness (QED) is 0.136. The lowest BCUT2D eigenvalue weighted by Crippen LogP contribution is -2.48. The van der Waals surface area contributed by atoms with Crippen molar-refractivity contribution in [1.82, 2.24) is 21.3 Å². The van der Waals surface area contributed by atoms with E-state index in [1.54, 1.807) is 0 Å². The second kappa shape index (κ2) is 13.0. The number of carbonyl (C=O) groups is 8. The van der Waals surface area contributed by atoms with Crippen molar-refractivity contribution in [3.63, 3.8) is 0 Å². The van der Waals surface area contributed by atoms with Crippen molar-refractivity contribution in [2.45, 2.75) is 75.5 Å². The van der Waals surface area contributed by atoms with Gasteiger partial charge in [0.25, 0.3) is 0 Å². The van der Waals surface area contributed by atoms with Crippen LogP contribution in [0.25, 0.3) is 0 Å². The van der Waals surface area contributed by atoms with E-state index in [2.05, 4.69) is 21.3 Å². The highest BCUT2D eigenvalue weighted by Crippen LogP contribution is 2.24. The molecule has 16 nitrogen and oxygen atoms in total. The molecule has 4 rings (SSSR count). The predicted molar refractivity (Wildman–Crippen MR) is 131 cm³/mol. The molecule has 0 saturated carbocycles. The van der Waals surface area contributed by atoms with Crippen LogP contribution in [0.3, 0.4) is 0 Å². The molecule has 0 aromatic carbocycles. The Bertz CT molecular complexity index is 950. The van der Waals surface area contributed by atoms with Crippen LogP contribution in [0.4, 0.5) is 0 Å². The summed E-state index contributed by atoms with van der Waals surface area (Å²) in [5, 5.41) is 9.90. The van der Waals surface area contributed by atoms with E-state index < -0.39 is 79.9 Å². The number of esters is 4. The first kappa shape index (κ1) is 29.7. The van der Waals surface area contributed by atoms with Crippen LogP contribution in [0.15, 0.2) is 0 Å². The molecule has 0 radical (unpaired) electrons. The van der Waals surface area contributed by atoms with E-state index >= 15 is 0 Å². The van der Waals surface area contributed by atoms with Crippen LogP contribution in [-0.4, -0.2) is 98.1 Å². The zero-order chi connectivity index (χ0) is 29.6. The Morgan fingerprint density at radius 1 is 0.488 bits per heavy atom. The van der Waals surface area contributed by atoms with Gasteiger partial charge in [-0.2, -0.15) is 0 Å². The van der Waals surface area contributed by atoms with E-state index in [0.717, 1.165) is 0 Å². The van der Waals surface area contributed by atoms with E-state index in [1.165, 1.54) is 0 Å². The summed E-state index contributed by atoms with van der Waals surface area (Å²) in [5.41, 5.74) is -1.62. The lowest BCUT2D eigenvalue weighted by atomic mass is 9.92. The maximum Gasteiger partial charge on any atom is 0.328 e. The van der Waals surface area contributed by atoms with E-state index in [4.69, 9.17) is 18.9 Å². The Balaban J connectivity index is 1.49. The summed E-state index contributed by atoms with van der Waals surface area (Å²) < 4.78 is 21.7. The summed E-state index contributed by atoms with van der Waals surface area (Å²) >= 11 is 0. The van der Waals surface area contributed by atoms with Crippen molar-refractivity contribution in [1.29, 1.82) is 0 Å². The average Bonchev–Trinajstić information content (AvgIpc) is 3.76. The summed E-state index contributed by atoms with van der Waals surface area (Å²) in [6, 6.07) is -3.65. The van der Waals surface area contributed by atoms with Gasteiger partial charge in [0.2, 0.25) is 23.6 Å². The van der Waals surface area contributed by atoms with Crippen molar-refractivity contribution in [2.75, 3.05) is 26.4 Å². The highest BCUT2D eigenvalue weighted by atomic mass is 16.6. The second-order valence-corrected chi connectivity index (χ2v) is 10.6. The number of rotatable bonds is 12. The fourth-order valence-corrected chi connectivity index (χ4v) is 4.71. The molecule has 16 heteroatoms. The van der Waals surface area contributed by atoms with Gasteiger partial charge in [-0.25, -0.2) is 19.2 Å².